The Kier molecular flexibility index (Phi) is 3.84. The number of rotatable bonds is 4. The largest absolute Gasteiger partial charge is 0.508 e. The average Bonchev–Trinajstić information content (AvgIpc) is 2.89. The third kappa shape index (κ3) is 2.77. The molecule has 0 spiro atoms. The molecule has 1 amide bonds. The number of carbonyl (C=O) groups is 1. The molecule has 2 N–H and O–H groups in total. The smallest absolute Gasteiger partial charge is 0.274 e. The van der Waals surface area contributed by atoms with E-state index in [0.717, 1.165) is 11.1 Å². The van der Waals surface area contributed by atoms with Gasteiger partial charge in [0.15, 0.2) is 0 Å². The Labute approximate surface area is 151 Å². The van der Waals surface area contributed by atoms with Gasteiger partial charge in [0, 0.05) is 19.0 Å². The van der Waals surface area contributed by atoms with Crippen LogP contribution >= 0.6 is 0 Å². The van der Waals surface area contributed by atoms with E-state index in [-0.39, 0.29) is 17.4 Å². The van der Waals surface area contributed by atoms with Crippen LogP contribution in [0.15, 0.2) is 78.0 Å². The number of aliphatic imine (C=N–C) groups is 1. The summed E-state index contributed by atoms with van der Waals surface area (Å²) < 4.78 is 0. The molecule has 2 aromatic carbocycles. The number of hydrogen-bond acceptors (Lipinski definition) is 4. The predicted molar refractivity (Wildman–Crippen MR) is 98.9 cm³/mol. The van der Waals surface area contributed by atoms with Gasteiger partial charge < -0.3 is 15.1 Å². The van der Waals surface area contributed by atoms with Crippen LogP contribution in [0.2, 0.25) is 0 Å². The van der Waals surface area contributed by atoms with Crippen LogP contribution in [-0.2, 0) is 17.6 Å². The van der Waals surface area contributed by atoms with Crippen LogP contribution in [0.3, 0.4) is 0 Å². The van der Waals surface area contributed by atoms with Crippen LogP contribution in [-0.4, -0.2) is 32.4 Å². The van der Waals surface area contributed by atoms with Crippen LogP contribution in [0.25, 0.3) is 0 Å². The molecule has 4 rings (SSSR count). The normalized spacial score (nSPS) is 21.0. The van der Waals surface area contributed by atoms with Gasteiger partial charge in [0.25, 0.3) is 5.91 Å². The third-order valence-corrected chi connectivity index (χ3v) is 4.75. The first-order valence-corrected chi connectivity index (χ1v) is 8.40. The van der Waals surface area contributed by atoms with E-state index in [0.29, 0.717) is 18.7 Å². The molecule has 0 saturated heterocycles. The van der Waals surface area contributed by atoms with Gasteiger partial charge in [0.05, 0.1) is 0 Å². The molecule has 0 aromatic heterocycles. The molecule has 2 aliphatic rings. The van der Waals surface area contributed by atoms with E-state index >= 15 is 0 Å². The van der Waals surface area contributed by atoms with Gasteiger partial charge in [0.2, 0.25) is 0 Å². The van der Waals surface area contributed by atoms with Crippen molar-refractivity contribution in [2.45, 2.75) is 18.4 Å². The summed E-state index contributed by atoms with van der Waals surface area (Å²) in [6.45, 7) is 0. The topological polar surface area (TPSA) is 73.1 Å². The van der Waals surface area contributed by atoms with Crippen molar-refractivity contribution in [3.05, 3.63) is 84.1 Å². The summed E-state index contributed by atoms with van der Waals surface area (Å²) in [5.41, 5.74) is 0.883. The summed E-state index contributed by atoms with van der Waals surface area (Å²) in [6.07, 6.45) is 8.27. The second-order valence-electron chi connectivity index (χ2n) is 6.57. The predicted octanol–water partition coefficient (Wildman–Crippen LogP) is 2.95. The molecule has 0 saturated carbocycles. The van der Waals surface area contributed by atoms with Gasteiger partial charge >= 0.3 is 0 Å². The second kappa shape index (κ2) is 6.19. The molecule has 26 heavy (non-hydrogen) atoms. The van der Waals surface area contributed by atoms with Gasteiger partial charge in [-0.05, 0) is 47.5 Å². The number of carbonyl (C=O) groups excluding carboxylic acids is 1. The van der Waals surface area contributed by atoms with Gasteiger partial charge in [-0.25, -0.2) is 0 Å². The number of aromatic hydroxyl groups is 2. The van der Waals surface area contributed by atoms with Crippen LogP contribution in [0, 0.1) is 0 Å². The maximum Gasteiger partial charge on any atom is 0.274 e. The Morgan fingerprint density at radius 2 is 1.69 bits per heavy atom. The Morgan fingerprint density at radius 3 is 2.46 bits per heavy atom. The molecule has 1 unspecified atom stereocenters. The zero-order valence-corrected chi connectivity index (χ0v) is 14.0. The fourth-order valence-corrected chi connectivity index (χ4v) is 3.54. The molecule has 0 radical (unpaired) electrons. The van der Waals surface area contributed by atoms with E-state index in [1.807, 2.05) is 47.5 Å². The molecule has 2 aromatic rings. The number of nitrogens with zero attached hydrogens (tertiary/aromatic N) is 2. The third-order valence-electron chi connectivity index (χ3n) is 4.75. The molecular weight excluding hydrogens is 328 g/mol. The lowest BCUT2D eigenvalue weighted by Gasteiger charge is -2.37. The van der Waals surface area contributed by atoms with E-state index in [1.54, 1.807) is 30.3 Å². The summed E-state index contributed by atoms with van der Waals surface area (Å²) in [5.74, 6) is 0.769. The highest BCUT2D eigenvalue weighted by Crippen LogP contribution is 2.35. The Hall–Kier alpha value is -3.34. The lowest BCUT2D eigenvalue weighted by molar-refractivity contribution is -0.124. The van der Waals surface area contributed by atoms with Crippen molar-refractivity contribution in [3.8, 4) is 11.5 Å². The number of hydrogen-bond donors (Lipinski definition) is 2. The molecular formula is C21H18N2O3. The van der Waals surface area contributed by atoms with Crippen molar-refractivity contribution >= 4 is 11.7 Å². The quantitative estimate of drug-likeness (QED) is 0.893. The molecule has 5 heteroatoms. The van der Waals surface area contributed by atoms with E-state index in [2.05, 4.69) is 4.99 Å². The maximum atomic E-state index is 13.0. The first-order chi connectivity index (χ1) is 12.6. The zero-order chi connectivity index (χ0) is 18.1. The summed E-state index contributed by atoms with van der Waals surface area (Å²) >= 11 is 0. The van der Waals surface area contributed by atoms with Crippen LogP contribution in [0.1, 0.15) is 11.1 Å². The standard InChI is InChI=1S/C21H18N2O3/c24-17-9-7-15(8-10-17)13-21(14-16-4-3-5-18(25)12-16)20(26)22-19-6-1-2-11-23(19)21/h1-12,24-25H,13-14H2. The van der Waals surface area contributed by atoms with Crippen LogP contribution < -0.4 is 0 Å². The van der Waals surface area contributed by atoms with Crippen molar-refractivity contribution < 1.29 is 15.0 Å². The van der Waals surface area contributed by atoms with Crippen molar-refractivity contribution in [3.63, 3.8) is 0 Å². The highest BCUT2D eigenvalue weighted by Gasteiger charge is 2.49. The van der Waals surface area contributed by atoms with Gasteiger partial charge in [-0.15, -0.1) is 0 Å². The highest BCUT2D eigenvalue weighted by molar-refractivity contribution is 6.12. The molecule has 0 aliphatic carbocycles. The molecule has 2 heterocycles. The Balaban J connectivity index is 1.76. The SMILES string of the molecule is O=C1N=C2C=CC=CN2C1(Cc1ccc(O)cc1)Cc1cccc(O)c1. The summed E-state index contributed by atoms with van der Waals surface area (Å²) in [4.78, 5) is 19.2. The van der Waals surface area contributed by atoms with E-state index in [1.165, 1.54) is 0 Å². The number of phenols is 2. The van der Waals surface area contributed by atoms with Crippen LogP contribution in [0.4, 0.5) is 0 Å². The number of fused-ring (bicyclic) bond motifs is 1. The molecule has 0 fully saturated rings. The minimum absolute atomic E-state index is 0.169. The van der Waals surface area contributed by atoms with E-state index in [4.69, 9.17) is 0 Å². The molecule has 0 bridgehead atoms. The van der Waals surface area contributed by atoms with Gasteiger partial charge in [0.1, 0.15) is 22.9 Å². The Bertz CT molecular complexity index is 944. The van der Waals surface area contributed by atoms with Gasteiger partial charge in [-0.3, -0.25) is 4.79 Å². The maximum absolute atomic E-state index is 13.0. The van der Waals surface area contributed by atoms with Crippen LogP contribution in [0.5, 0.6) is 11.5 Å². The fraction of sp³-hybridized carbons (Fsp3) is 0.143. The molecule has 130 valence electrons. The summed E-state index contributed by atoms with van der Waals surface area (Å²) in [5, 5.41) is 19.3. The zero-order valence-electron chi connectivity index (χ0n) is 14.0. The lowest BCUT2D eigenvalue weighted by Crippen LogP contribution is -2.52. The molecule has 5 nitrogen and oxygen atoms in total. The van der Waals surface area contributed by atoms with Crippen molar-refractivity contribution in [1.29, 1.82) is 0 Å². The van der Waals surface area contributed by atoms with Gasteiger partial charge in [-0.2, -0.15) is 4.99 Å². The molecule has 2 aliphatic heterocycles. The van der Waals surface area contributed by atoms with Crippen molar-refractivity contribution in [2.24, 2.45) is 4.99 Å². The summed E-state index contributed by atoms with van der Waals surface area (Å²) in [6, 6.07) is 13.8. The number of benzene rings is 2. The minimum Gasteiger partial charge on any atom is -0.508 e. The number of amides is 1. The first kappa shape index (κ1) is 16.1. The molecule has 1 atom stereocenters. The van der Waals surface area contributed by atoms with Crippen molar-refractivity contribution in [2.75, 3.05) is 0 Å². The van der Waals surface area contributed by atoms with Gasteiger partial charge in [-0.1, -0.05) is 30.3 Å². The minimum atomic E-state index is -0.901. The van der Waals surface area contributed by atoms with Crippen molar-refractivity contribution in [1.82, 2.24) is 4.90 Å². The Morgan fingerprint density at radius 1 is 0.923 bits per heavy atom. The number of phenolic OH excluding ortho intramolecular Hbond substituents is 2. The van der Waals surface area contributed by atoms with E-state index < -0.39 is 5.54 Å². The fourth-order valence-electron chi connectivity index (χ4n) is 3.54. The monoisotopic (exact) mass is 346 g/mol. The highest BCUT2D eigenvalue weighted by atomic mass is 16.3. The van der Waals surface area contributed by atoms with E-state index in [9.17, 15) is 15.0 Å². The average molecular weight is 346 g/mol. The summed E-state index contributed by atoms with van der Waals surface area (Å²) in [7, 11) is 0. The second-order valence-corrected chi connectivity index (χ2v) is 6.57. The lowest BCUT2D eigenvalue weighted by atomic mass is 9.83. The first-order valence-electron chi connectivity index (χ1n) is 8.40. The number of allylic oxidation sites excluding steroid dienone is 2. The number of amidine groups is 1.